The highest BCUT2D eigenvalue weighted by molar-refractivity contribution is 5.70. The van der Waals surface area contributed by atoms with Crippen molar-refractivity contribution in [1.29, 1.82) is 0 Å². The molecule has 3 heteroatoms. The molecular formula is C19H30O3. The lowest BCUT2D eigenvalue weighted by atomic mass is 9.70. The zero-order chi connectivity index (χ0) is 17.3. The Morgan fingerprint density at radius 1 is 1.27 bits per heavy atom. The Kier molecular flexibility index (Phi) is 8.73. The standard InChI is InChI=1S/C19H30O3/c1-7-11-14(8-2)12-13-15(18(21)22)17(20)16(9-3)19(5,6)10-4/h7-8,10-11,15-17,20H,1-2,4,9,12-13H2,3,5-6H3,(H,21,22)/b14-11+. The summed E-state index contributed by atoms with van der Waals surface area (Å²) >= 11 is 0. The number of rotatable bonds is 11. The third-order valence-electron chi connectivity index (χ3n) is 4.40. The van der Waals surface area contributed by atoms with Crippen molar-refractivity contribution in [1.82, 2.24) is 0 Å². The van der Waals surface area contributed by atoms with Crippen LogP contribution >= 0.6 is 0 Å². The molecule has 0 amide bonds. The smallest absolute Gasteiger partial charge is 0.309 e. The maximum absolute atomic E-state index is 11.6. The van der Waals surface area contributed by atoms with Crippen molar-refractivity contribution in [2.45, 2.75) is 46.1 Å². The third-order valence-corrected chi connectivity index (χ3v) is 4.40. The molecule has 2 N–H and O–H groups in total. The van der Waals surface area contributed by atoms with Crippen molar-refractivity contribution < 1.29 is 15.0 Å². The Labute approximate surface area is 134 Å². The third kappa shape index (κ3) is 5.64. The Morgan fingerprint density at radius 2 is 1.86 bits per heavy atom. The van der Waals surface area contributed by atoms with E-state index in [-0.39, 0.29) is 11.3 Å². The van der Waals surface area contributed by atoms with Crippen LogP contribution in [0.3, 0.4) is 0 Å². The second kappa shape index (κ2) is 9.42. The van der Waals surface area contributed by atoms with Gasteiger partial charge in [0.1, 0.15) is 0 Å². The number of carboxylic acids is 1. The molecule has 3 nitrogen and oxygen atoms in total. The van der Waals surface area contributed by atoms with E-state index < -0.39 is 18.0 Å². The van der Waals surface area contributed by atoms with E-state index in [4.69, 9.17) is 0 Å². The van der Waals surface area contributed by atoms with Crippen molar-refractivity contribution in [3.05, 3.63) is 49.6 Å². The van der Waals surface area contributed by atoms with Gasteiger partial charge in [0.05, 0.1) is 12.0 Å². The van der Waals surface area contributed by atoms with Crippen LogP contribution in [0.25, 0.3) is 0 Å². The molecule has 0 aromatic carbocycles. The molecule has 0 fully saturated rings. The van der Waals surface area contributed by atoms with Gasteiger partial charge in [-0.15, -0.1) is 6.58 Å². The monoisotopic (exact) mass is 306 g/mol. The Hall–Kier alpha value is -1.61. The highest BCUT2D eigenvalue weighted by atomic mass is 16.4. The minimum atomic E-state index is -0.965. The zero-order valence-corrected chi connectivity index (χ0v) is 14.1. The number of hydrogen-bond donors (Lipinski definition) is 2. The minimum absolute atomic E-state index is 0.151. The highest BCUT2D eigenvalue weighted by Crippen LogP contribution is 2.37. The van der Waals surface area contributed by atoms with Crippen LogP contribution in [-0.4, -0.2) is 22.3 Å². The predicted molar refractivity (Wildman–Crippen MR) is 92.6 cm³/mol. The summed E-state index contributed by atoms with van der Waals surface area (Å²) in [6.07, 6.45) is 7.64. The maximum atomic E-state index is 11.6. The van der Waals surface area contributed by atoms with Gasteiger partial charge in [0.25, 0.3) is 0 Å². The fourth-order valence-electron chi connectivity index (χ4n) is 2.81. The summed E-state index contributed by atoms with van der Waals surface area (Å²) in [6.45, 7) is 17.1. The van der Waals surface area contributed by atoms with E-state index in [2.05, 4.69) is 19.7 Å². The van der Waals surface area contributed by atoms with Gasteiger partial charge in [-0.05, 0) is 29.7 Å². The van der Waals surface area contributed by atoms with Gasteiger partial charge in [0.15, 0.2) is 0 Å². The molecule has 0 aromatic heterocycles. The molecule has 0 aliphatic rings. The Balaban J connectivity index is 5.19. The van der Waals surface area contributed by atoms with E-state index in [0.717, 1.165) is 5.57 Å². The maximum Gasteiger partial charge on any atom is 0.309 e. The number of aliphatic carboxylic acids is 1. The summed E-state index contributed by atoms with van der Waals surface area (Å²) in [4.78, 5) is 11.6. The lowest BCUT2D eigenvalue weighted by Crippen LogP contribution is -2.40. The molecule has 0 heterocycles. The van der Waals surface area contributed by atoms with Crippen molar-refractivity contribution in [2.75, 3.05) is 0 Å². The van der Waals surface area contributed by atoms with Crippen molar-refractivity contribution in [3.63, 3.8) is 0 Å². The van der Waals surface area contributed by atoms with Crippen LogP contribution in [0, 0.1) is 17.3 Å². The lowest BCUT2D eigenvalue weighted by molar-refractivity contribution is -0.148. The summed E-state index contributed by atoms with van der Waals surface area (Å²) in [5, 5.41) is 20.1. The summed E-state index contributed by atoms with van der Waals surface area (Å²) in [7, 11) is 0. The first-order valence-corrected chi connectivity index (χ1v) is 7.73. The summed E-state index contributed by atoms with van der Waals surface area (Å²) in [5.41, 5.74) is 0.601. The van der Waals surface area contributed by atoms with Crippen LogP contribution in [0.1, 0.15) is 40.0 Å². The van der Waals surface area contributed by atoms with Gasteiger partial charge >= 0.3 is 5.97 Å². The van der Waals surface area contributed by atoms with Crippen LogP contribution in [-0.2, 0) is 4.79 Å². The van der Waals surface area contributed by atoms with Crippen LogP contribution in [0.5, 0.6) is 0 Å². The molecule has 0 aromatic rings. The average molecular weight is 306 g/mol. The average Bonchev–Trinajstić information content (AvgIpc) is 2.46. The van der Waals surface area contributed by atoms with Gasteiger partial charge in [-0.2, -0.15) is 0 Å². The lowest BCUT2D eigenvalue weighted by Gasteiger charge is -2.37. The SMILES string of the molecule is C=C/C=C(\C=C)CCC(C(=O)O)C(O)C(CC)C(C)(C)C=C. The number of carboxylic acid groups (broad SMARTS) is 1. The van der Waals surface area contributed by atoms with Crippen molar-refractivity contribution in [3.8, 4) is 0 Å². The molecule has 0 aliphatic heterocycles. The predicted octanol–water partition coefficient (Wildman–Crippen LogP) is 4.37. The quantitative estimate of drug-likeness (QED) is 0.440. The summed E-state index contributed by atoms with van der Waals surface area (Å²) < 4.78 is 0. The number of aliphatic hydroxyl groups is 1. The molecule has 124 valence electrons. The van der Waals surface area contributed by atoms with E-state index in [1.807, 2.05) is 26.8 Å². The molecule has 0 saturated carbocycles. The number of carbonyl (C=O) groups is 1. The van der Waals surface area contributed by atoms with Gasteiger partial charge in [-0.3, -0.25) is 4.79 Å². The van der Waals surface area contributed by atoms with E-state index in [1.54, 1.807) is 18.2 Å². The first-order chi connectivity index (χ1) is 10.2. The molecule has 0 bridgehead atoms. The molecule has 0 rings (SSSR count). The Bertz CT molecular complexity index is 432. The topological polar surface area (TPSA) is 57.5 Å². The van der Waals surface area contributed by atoms with Gasteiger partial charge in [-0.1, -0.05) is 64.7 Å². The van der Waals surface area contributed by atoms with E-state index in [9.17, 15) is 15.0 Å². The second-order valence-corrected chi connectivity index (χ2v) is 6.20. The summed E-state index contributed by atoms with van der Waals surface area (Å²) in [6, 6.07) is 0. The molecule has 0 aliphatic carbocycles. The van der Waals surface area contributed by atoms with Crippen molar-refractivity contribution in [2.24, 2.45) is 17.3 Å². The van der Waals surface area contributed by atoms with Crippen LogP contribution < -0.4 is 0 Å². The van der Waals surface area contributed by atoms with Gasteiger partial charge in [0.2, 0.25) is 0 Å². The molecule has 0 radical (unpaired) electrons. The largest absolute Gasteiger partial charge is 0.481 e. The number of allylic oxidation sites excluding steroid dienone is 5. The molecule has 0 spiro atoms. The van der Waals surface area contributed by atoms with Crippen LogP contribution in [0.2, 0.25) is 0 Å². The normalized spacial score (nSPS) is 16.5. The first-order valence-electron chi connectivity index (χ1n) is 7.73. The van der Waals surface area contributed by atoms with Crippen LogP contribution in [0.4, 0.5) is 0 Å². The zero-order valence-electron chi connectivity index (χ0n) is 14.1. The van der Waals surface area contributed by atoms with Gasteiger partial charge < -0.3 is 10.2 Å². The number of aliphatic hydroxyl groups excluding tert-OH is 1. The Morgan fingerprint density at radius 3 is 2.23 bits per heavy atom. The fraction of sp³-hybridized carbons (Fsp3) is 0.526. The summed E-state index contributed by atoms with van der Waals surface area (Å²) in [5.74, 6) is -1.92. The van der Waals surface area contributed by atoms with E-state index >= 15 is 0 Å². The molecule has 3 unspecified atom stereocenters. The fourth-order valence-corrected chi connectivity index (χ4v) is 2.81. The molecule has 22 heavy (non-hydrogen) atoms. The second-order valence-electron chi connectivity index (χ2n) is 6.20. The van der Waals surface area contributed by atoms with E-state index in [0.29, 0.717) is 19.3 Å². The molecule has 0 saturated heterocycles. The minimum Gasteiger partial charge on any atom is -0.481 e. The highest BCUT2D eigenvalue weighted by Gasteiger charge is 2.38. The first kappa shape index (κ1) is 20.4. The van der Waals surface area contributed by atoms with Gasteiger partial charge in [-0.25, -0.2) is 0 Å². The molecule has 3 atom stereocenters. The molecular weight excluding hydrogens is 276 g/mol. The number of hydrogen-bond acceptors (Lipinski definition) is 2. The van der Waals surface area contributed by atoms with Crippen molar-refractivity contribution >= 4 is 5.97 Å². The van der Waals surface area contributed by atoms with Gasteiger partial charge in [0, 0.05) is 0 Å². The van der Waals surface area contributed by atoms with E-state index in [1.165, 1.54) is 0 Å². The van der Waals surface area contributed by atoms with Crippen LogP contribution in [0.15, 0.2) is 49.6 Å².